The Kier molecular flexibility index (Phi) is 6.30. The molecule has 1 aliphatic rings. The van der Waals surface area contributed by atoms with E-state index in [1.807, 2.05) is 30.9 Å². The average molecular weight is 299 g/mol. The van der Waals surface area contributed by atoms with E-state index < -0.39 is 0 Å². The van der Waals surface area contributed by atoms with Crippen molar-refractivity contribution in [3.05, 3.63) is 29.3 Å². The first-order valence-electron chi connectivity index (χ1n) is 6.88. The molecular weight excluding hydrogens is 276 g/mol. The number of nitrogen functional groups attached to an aromatic ring is 1. The lowest BCUT2D eigenvalue weighted by molar-refractivity contribution is 0.0538. The first kappa shape index (κ1) is 16.8. The van der Waals surface area contributed by atoms with Crippen LogP contribution in [-0.4, -0.2) is 36.6 Å². The van der Waals surface area contributed by atoms with Crippen LogP contribution in [0.15, 0.2) is 18.2 Å². The molecule has 1 amide bonds. The molecule has 4 nitrogen and oxygen atoms in total. The van der Waals surface area contributed by atoms with Gasteiger partial charge in [0.1, 0.15) is 0 Å². The number of anilines is 1. The van der Waals surface area contributed by atoms with Gasteiger partial charge in [-0.15, -0.1) is 12.4 Å². The summed E-state index contributed by atoms with van der Waals surface area (Å²) < 4.78 is 5.61. The minimum Gasteiger partial charge on any atom is -0.399 e. The fourth-order valence-corrected chi connectivity index (χ4v) is 2.43. The summed E-state index contributed by atoms with van der Waals surface area (Å²) in [6.07, 6.45) is 2.32. The number of carbonyl (C=O) groups excluding carboxylic acids is 1. The molecule has 0 radical (unpaired) electrons. The van der Waals surface area contributed by atoms with Crippen molar-refractivity contribution < 1.29 is 9.53 Å². The van der Waals surface area contributed by atoms with Crippen molar-refractivity contribution in [1.29, 1.82) is 0 Å². The summed E-state index contributed by atoms with van der Waals surface area (Å²) in [5, 5.41) is 0. The van der Waals surface area contributed by atoms with Crippen LogP contribution in [0.2, 0.25) is 0 Å². The van der Waals surface area contributed by atoms with E-state index in [1.54, 1.807) is 6.07 Å². The van der Waals surface area contributed by atoms with Gasteiger partial charge in [0.15, 0.2) is 0 Å². The zero-order valence-corrected chi connectivity index (χ0v) is 12.9. The van der Waals surface area contributed by atoms with Crippen molar-refractivity contribution in [2.24, 2.45) is 0 Å². The number of hydrogen-bond acceptors (Lipinski definition) is 3. The predicted octanol–water partition coefficient (Wildman–Crippen LogP) is 2.64. The minimum absolute atomic E-state index is 0. The second-order valence-electron chi connectivity index (χ2n) is 5.05. The molecule has 0 saturated carbocycles. The Morgan fingerprint density at radius 3 is 2.85 bits per heavy atom. The third kappa shape index (κ3) is 3.87. The zero-order chi connectivity index (χ0) is 13.8. The van der Waals surface area contributed by atoms with E-state index >= 15 is 0 Å². The smallest absolute Gasteiger partial charge is 0.254 e. The maximum Gasteiger partial charge on any atom is 0.254 e. The second-order valence-corrected chi connectivity index (χ2v) is 5.05. The Labute approximate surface area is 126 Å². The van der Waals surface area contributed by atoms with Crippen molar-refractivity contribution in [2.45, 2.75) is 32.8 Å². The van der Waals surface area contributed by atoms with Crippen molar-refractivity contribution in [2.75, 3.05) is 25.4 Å². The molecule has 20 heavy (non-hydrogen) atoms. The van der Waals surface area contributed by atoms with E-state index in [0.717, 1.165) is 25.0 Å². The number of nitrogens with zero attached hydrogens (tertiary/aromatic N) is 1. The van der Waals surface area contributed by atoms with Crippen LogP contribution in [0.4, 0.5) is 5.69 Å². The number of ether oxygens (including phenoxy) is 1. The normalized spacial score (nSPS) is 17.6. The van der Waals surface area contributed by atoms with Gasteiger partial charge in [0, 0.05) is 30.9 Å². The summed E-state index contributed by atoms with van der Waals surface area (Å²) in [6.45, 7) is 6.10. The van der Waals surface area contributed by atoms with Crippen molar-refractivity contribution in [3.63, 3.8) is 0 Å². The lowest BCUT2D eigenvalue weighted by Gasteiger charge is -2.24. The molecule has 2 rings (SSSR count). The zero-order valence-electron chi connectivity index (χ0n) is 12.1. The van der Waals surface area contributed by atoms with Gasteiger partial charge in [0.25, 0.3) is 5.91 Å². The van der Waals surface area contributed by atoms with Gasteiger partial charge < -0.3 is 15.4 Å². The molecule has 1 heterocycles. The molecule has 1 atom stereocenters. The highest BCUT2D eigenvalue weighted by molar-refractivity contribution is 5.96. The van der Waals surface area contributed by atoms with E-state index in [2.05, 4.69) is 0 Å². The second kappa shape index (κ2) is 7.50. The van der Waals surface area contributed by atoms with Crippen LogP contribution < -0.4 is 5.73 Å². The number of nitrogens with two attached hydrogens (primary N) is 1. The Hall–Kier alpha value is -1.26. The minimum atomic E-state index is 0. The Balaban J connectivity index is 0.00000200. The predicted molar refractivity (Wildman–Crippen MR) is 83.4 cm³/mol. The van der Waals surface area contributed by atoms with E-state index in [0.29, 0.717) is 24.3 Å². The fourth-order valence-electron chi connectivity index (χ4n) is 2.43. The Morgan fingerprint density at radius 2 is 2.25 bits per heavy atom. The summed E-state index contributed by atoms with van der Waals surface area (Å²) in [4.78, 5) is 14.4. The number of rotatable bonds is 4. The summed E-state index contributed by atoms with van der Waals surface area (Å²) in [6, 6.07) is 5.47. The molecule has 1 saturated heterocycles. The number of likely N-dealkylation sites (N-methyl/N-ethyl adjacent to an activating group) is 1. The van der Waals surface area contributed by atoms with Gasteiger partial charge in [0.05, 0.1) is 6.10 Å². The first-order valence-corrected chi connectivity index (χ1v) is 6.88. The summed E-state index contributed by atoms with van der Waals surface area (Å²) >= 11 is 0. The monoisotopic (exact) mass is 298 g/mol. The van der Waals surface area contributed by atoms with Crippen LogP contribution in [0.3, 0.4) is 0 Å². The van der Waals surface area contributed by atoms with Crippen molar-refractivity contribution in [1.82, 2.24) is 4.90 Å². The summed E-state index contributed by atoms with van der Waals surface area (Å²) in [5.41, 5.74) is 8.06. The molecule has 1 fully saturated rings. The molecule has 1 aromatic carbocycles. The standard InChI is InChI=1S/C15H22N2O2.ClH/c1-3-17(10-13-5-4-8-19-13)15(18)14-9-12(16)7-6-11(14)2;/h6-7,9,13H,3-5,8,10,16H2,1-2H3;1H. The number of benzene rings is 1. The summed E-state index contributed by atoms with van der Waals surface area (Å²) in [5.74, 6) is 0.0443. The summed E-state index contributed by atoms with van der Waals surface area (Å²) in [7, 11) is 0. The van der Waals surface area contributed by atoms with Gasteiger partial charge >= 0.3 is 0 Å². The maximum atomic E-state index is 12.6. The molecular formula is C15H23ClN2O2. The van der Waals surface area contributed by atoms with E-state index in [-0.39, 0.29) is 24.4 Å². The van der Waals surface area contributed by atoms with Crippen molar-refractivity contribution in [3.8, 4) is 0 Å². The van der Waals surface area contributed by atoms with Crippen LogP contribution >= 0.6 is 12.4 Å². The van der Waals surface area contributed by atoms with Gasteiger partial charge in [0.2, 0.25) is 0 Å². The van der Waals surface area contributed by atoms with Crippen LogP contribution in [0.5, 0.6) is 0 Å². The largest absolute Gasteiger partial charge is 0.399 e. The third-order valence-electron chi connectivity index (χ3n) is 3.61. The van der Waals surface area contributed by atoms with E-state index in [4.69, 9.17) is 10.5 Å². The first-order chi connectivity index (χ1) is 9.11. The Morgan fingerprint density at radius 1 is 1.50 bits per heavy atom. The lowest BCUT2D eigenvalue weighted by Crippen LogP contribution is -2.37. The van der Waals surface area contributed by atoms with Crippen LogP contribution in [-0.2, 0) is 4.74 Å². The SMILES string of the molecule is CCN(CC1CCCO1)C(=O)c1cc(N)ccc1C.Cl. The number of hydrogen-bond donors (Lipinski definition) is 1. The fraction of sp³-hybridized carbons (Fsp3) is 0.533. The lowest BCUT2D eigenvalue weighted by atomic mass is 10.1. The highest BCUT2D eigenvalue weighted by atomic mass is 35.5. The quantitative estimate of drug-likeness (QED) is 0.870. The molecule has 0 spiro atoms. The molecule has 5 heteroatoms. The highest BCUT2D eigenvalue weighted by Crippen LogP contribution is 2.18. The molecule has 0 aliphatic carbocycles. The number of halogens is 1. The van der Waals surface area contributed by atoms with Gasteiger partial charge in [-0.3, -0.25) is 4.79 Å². The van der Waals surface area contributed by atoms with Gasteiger partial charge in [-0.2, -0.15) is 0 Å². The van der Waals surface area contributed by atoms with E-state index in [1.165, 1.54) is 0 Å². The van der Waals surface area contributed by atoms with Crippen LogP contribution in [0.25, 0.3) is 0 Å². The molecule has 0 bridgehead atoms. The van der Waals surface area contributed by atoms with Gasteiger partial charge in [-0.05, 0) is 44.4 Å². The molecule has 0 aromatic heterocycles. The van der Waals surface area contributed by atoms with Crippen LogP contribution in [0, 0.1) is 6.92 Å². The molecule has 1 unspecified atom stereocenters. The average Bonchev–Trinajstić information content (AvgIpc) is 2.91. The number of amides is 1. The highest BCUT2D eigenvalue weighted by Gasteiger charge is 2.23. The Bertz CT molecular complexity index is 459. The molecule has 2 N–H and O–H groups in total. The van der Waals surface area contributed by atoms with E-state index in [9.17, 15) is 4.79 Å². The van der Waals surface area contributed by atoms with Crippen LogP contribution in [0.1, 0.15) is 35.7 Å². The van der Waals surface area contributed by atoms with Crippen molar-refractivity contribution >= 4 is 24.0 Å². The van der Waals surface area contributed by atoms with Gasteiger partial charge in [-0.25, -0.2) is 0 Å². The number of aryl methyl sites for hydroxylation is 1. The number of carbonyl (C=O) groups is 1. The molecule has 112 valence electrons. The molecule has 1 aliphatic heterocycles. The molecule has 1 aromatic rings. The van der Waals surface area contributed by atoms with Gasteiger partial charge in [-0.1, -0.05) is 6.07 Å². The maximum absolute atomic E-state index is 12.6. The third-order valence-corrected chi connectivity index (χ3v) is 3.61. The topological polar surface area (TPSA) is 55.6 Å².